The summed E-state index contributed by atoms with van der Waals surface area (Å²) in [6.45, 7) is 4.42. The summed E-state index contributed by atoms with van der Waals surface area (Å²) in [7, 11) is 1.83. The van der Waals surface area contributed by atoms with Crippen LogP contribution in [-0.2, 0) is 0 Å². The lowest BCUT2D eigenvalue weighted by Gasteiger charge is -2.09. The molecule has 5 nitrogen and oxygen atoms in total. The molecule has 0 aliphatic rings. The molecule has 2 heterocycles. The Labute approximate surface area is 106 Å². The molecule has 18 heavy (non-hydrogen) atoms. The minimum absolute atomic E-state index is 0.563. The number of hydrogen-bond donors (Lipinski definition) is 1. The molecule has 0 radical (unpaired) electrons. The molecule has 0 aromatic carbocycles. The monoisotopic (exact) mass is 244 g/mol. The number of ether oxygens (including phenoxy) is 1. The minimum atomic E-state index is 0.563. The van der Waals surface area contributed by atoms with Crippen LogP contribution in [0, 0.1) is 6.92 Å². The Hall–Kier alpha value is -2.17. The van der Waals surface area contributed by atoms with Crippen molar-refractivity contribution in [1.82, 2.24) is 15.0 Å². The van der Waals surface area contributed by atoms with Crippen LogP contribution >= 0.6 is 0 Å². The molecule has 5 heteroatoms. The van der Waals surface area contributed by atoms with E-state index in [0.717, 1.165) is 17.1 Å². The first-order valence-corrected chi connectivity index (χ1v) is 5.86. The van der Waals surface area contributed by atoms with Gasteiger partial charge in [-0.15, -0.1) is 0 Å². The maximum absolute atomic E-state index is 5.49. The number of pyridine rings is 1. The van der Waals surface area contributed by atoms with Crippen molar-refractivity contribution in [1.29, 1.82) is 0 Å². The van der Waals surface area contributed by atoms with Gasteiger partial charge in [-0.2, -0.15) is 0 Å². The Balaban J connectivity index is 2.50. The van der Waals surface area contributed by atoms with Crippen LogP contribution in [0.2, 0.25) is 0 Å². The van der Waals surface area contributed by atoms with Crippen molar-refractivity contribution in [2.24, 2.45) is 0 Å². The molecule has 0 fully saturated rings. The molecule has 0 unspecified atom stereocenters. The average molecular weight is 244 g/mol. The zero-order chi connectivity index (χ0) is 13.0. The third kappa shape index (κ3) is 2.56. The van der Waals surface area contributed by atoms with Crippen molar-refractivity contribution in [3.63, 3.8) is 0 Å². The lowest BCUT2D eigenvalue weighted by molar-refractivity contribution is 0.328. The largest absolute Gasteiger partial charge is 0.477 e. The van der Waals surface area contributed by atoms with Gasteiger partial charge in [-0.3, -0.25) is 0 Å². The molecular weight excluding hydrogens is 228 g/mol. The van der Waals surface area contributed by atoms with Gasteiger partial charge in [0.25, 0.3) is 0 Å². The third-order valence-corrected chi connectivity index (χ3v) is 2.40. The second kappa shape index (κ2) is 5.44. The maximum atomic E-state index is 5.49. The molecule has 2 aromatic rings. The molecular formula is C13H16N4O. The first kappa shape index (κ1) is 12.3. The molecule has 2 aromatic heterocycles. The summed E-state index contributed by atoms with van der Waals surface area (Å²) >= 11 is 0. The van der Waals surface area contributed by atoms with Gasteiger partial charge < -0.3 is 10.1 Å². The van der Waals surface area contributed by atoms with Crippen molar-refractivity contribution in [3.8, 4) is 17.3 Å². The third-order valence-electron chi connectivity index (χ3n) is 2.40. The molecule has 0 saturated heterocycles. The lowest BCUT2D eigenvalue weighted by atomic mass is 10.2. The number of anilines is 1. The van der Waals surface area contributed by atoms with Gasteiger partial charge in [0.05, 0.1) is 12.2 Å². The van der Waals surface area contributed by atoms with E-state index >= 15 is 0 Å². The Bertz CT molecular complexity index is 542. The van der Waals surface area contributed by atoms with Crippen molar-refractivity contribution >= 4 is 5.82 Å². The highest BCUT2D eigenvalue weighted by Gasteiger charge is 2.11. The highest BCUT2D eigenvalue weighted by Crippen LogP contribution is 2.25. The number of rotatable bonds is 4. The minimum Gasteiger partial charge on any atom is -0.477 e. The number of aromatic nitrogens is 3. The fraction of sp³-hybridized carbons (Fsp3) is 0.308. The van der Waals surface area contributed by atoms with Crippen molar-refractivity contribution in [2.75, 3.05) is 19.0 Å². The van der Waals surface area contributed by atoms with Crippen molar-refractivity contribution in [2.45, 2.75) is 13.8 Å². The maximum Gasteiger partial charge on any atom is 0.224 e. The smallest absolute Gasteiger partial charge is 0.224 e. The first-order valence-electron chi connectivity index (χ1n) is 5.86. The molecule has 0 saturated carbocycles. The standard InChI is InChI=1S/C13H16N4O/c1-4-18-13-10(6-5-7-15-13)12-16-9(2)8-11(14-3)17-12/h5-8H,4H2,1-3H3,(H,14,16,17). The van der Waals surface area contributed by atoms with Gasteiger partial charge in [0, 0.05) is 25.0 Å². The van der Waals surface area contributed by atoms with Gasteiger partial charge in [0.15, 0.2) is 5.82 Å². The highest BCUT2D eigenvalue weighted by atomic mass is 16.5. The zero-order valence-corrected chi connectivity index (χ0v) is 10.8. The Morgan fingerprint density at radius 2 is 2.17 bits per heavy atom. The van der Waals surface area contributed by atoms with E-state index in [2.05, 4.69) is 20.3 Å². The predicted molar refractivity (Wildman–Crippen MR) is 70.7 cm³/mol. The first-order chi connectivity index (χ1) is 8.74. The zero-order valence-electron chi connectivity index (χ0n) is 10.8. The molecule has 0 amide bonds. The van der Waals surface area contributed by atoms with E-state index in [9.17, 15) is 0 Å². The summed E-state index contributed by atoms with van der Waals surface area (Å²) in [4.78, 5) is 13.1. The number of hydrogen-bond acceptors (Lipinski definition) is 5. The fourth-order valence-electron chi connectivity index (χ4n) is 1.63. The van der Waals surface area contributed by atoms with E-state index in [1.807, 2.05) is 39.1 Å². The number of aryl methyl sites for hydroxylation is 1. The Morgan fingerprint density at radius 1 is 1.33 bits per heavy atom. The molecule has 0 aliphatic carbocycles. The lowest BCUT2D eigenvalue weighted by Crippen LogP contribution is -2.01. The highest BCUT2D eigenvalue weighted by molar-refractivity contribution is 5.63. The summed E-state index contributed by atoms with van der Waals surface area (Å²) in [5, 5.41) is 3.02. The Kier molecular flexibility index (Phi) is 3.72. The van der Waals surface area contributed by atoms with E-state index in [4.69, 9.17) is 4.74 Å². The molecule has 1 N–H and O–H groups in total. The van der Waals surface area contributed by atoms with Gasteiger partial charge in [-0.05, 0) is 26.0 Å². The molecule has 0 bridgehead atoms. The van der Waals surface area contributed by atoms with Gasteiger partial charge >= 0.3 is 0 Å². The number of nitrogens with zero attached hydrogens (tertiary/aromatic N) is 3. The normalized spacial score (nSPS) is 10.2. The second-order valence-corrected chi connectivity index (χ2v) is 3.76. The van der Waals surface area contributed by atoms with Crippen LogP contribution in [0.15, 0.2) is 24.4 Å². The Morgan fingerprint density at radius 3 is 2.89 bits per heavy atom. The fourth-order valence-corrected chi connectivity index (χ4v) is 1.63. The quantitative estimate of drug-likeness (QED) is 0.894. The van der Waals surface area contributed by atoms with Gasteiger partial charge in [-0.1, -0.05) is 0 Å². The average Bonchev–Trinajstić information content (AvgIpc) is 2.39. The summed E-state index contributed by atoms with van der Waals surface area (Å²) in [5.74, 6) is 1.97. The van der Waals surface area contributed by atoms with Crippen LogP contribution < -0.4 is 10.1 Å². The molecule has 0 aliphatic heterocycles. The van der Waals surface area contributed by atoms with Crippen LogP contribution in [-0.4, -0.2) is 28.6 Å². The van der Waals surface area contributed by atoms with Crippen LogP contribution in [0.3, 0.4) is 0 Å². The molecule has 2 rings (SSSR count). The van der Waals surface area contributed by atoms with Gasteiger partial charge in [0.2, 0.25) is 5.88 Å². The number of nitrogens with one attached hydrogen (secondary N) is 1. The van der Waals surface area contributed by atoms with Gasteiger partial charge in [0.1, 0.15) is 5.82 Å². The van der Waals surface area contributed by atoms with Crippen molar-refractivity contribution in [3.05, 3.63) is 30.1 Å². The van der Waals surface area contributed by atoms with E-state index in [1.165, 1.54) is 0 Å². The second-order valence-electron chi connectivity index (χ2n) is 3.76. The summed E-state index contributed by atoms with van der Waals surface area (Å²) in [6, 6.07) is 5.65. The van der Waals surface area contributed by atoms with Crippen LogP contribution in [0.25, 0.3) is 11.4 Å². The topological polar surface area (TPSA) is 59.9 Å². The summed E-state index contributed by atoms with van der Waals surface area (Å²) < 4.78 is 5.49. The molecule has 0 atom stereocenters. The molecule has 94 valence electrons. The summed E-state index contributed by atoms with van der Waals surface area (Å²) in [5.41, 5.74) is 1.70. The van der Waals surface area contributed by atoms with Crippen LogP contribution in [0.5, 0.6) is 5.88 Å². The van der Waals surface area contributed by atoms with Crippen LogP contribution in [0.4, 0.5) is 5.82 Å². The SMILES string of the molecule is CCOc1ncccc1-c1nc(C)cc(NC)n1. The molecule has 0 spiro atoms. The van der Waals surface area contributed by atoms with Crippen LogP contribution in [0.1, 0.15) is 12.6 Å². The van der Waals surface area contributed by atoms with E-state index in [-0.39, 0.29) is 0 Å². The van der Waals surface area contributed by atoms with E-state index in [0.29, 0.717) is 18.3 Å². The van der Waals surface area contributed by atoms with Gasteiger partial charge in [-0.25, -0.2) is 15.0 Å². The summed E-state index contributed by atoms with van der Waals surface area (Å²) in [6.07, 6.45) is 1.70. The predicted octanol–water partition coefficient (Wildman–Crippen LogP) is 2.29. The van der Waals surface area contributed by atoms with Crippen molar-refractivity contribution < 1.29 is 4.74 Å². The van der Waals surface area contributed by atoms with E-state index < -0.39 is 0 Å². The van der Waals surface area contributed by atoms with E-state index in [1.54, 1.807) is 6.20 Å².